The molecule has 0 unspecified atom stereocenters. The van der Waals surface area contributed by atoms with Crippen LogP contribution in [-0.4, -0.2) is 123 Å². The predicted molar refractivity (Wildman–Crippen MR) is 156 cm³/mol. The van der Waals surface area contributed by atoms with Gasteiger partial charge in [0.15, 0.2) is 0 Å². The summed E-state index contributed by atoms with van der Waals surface area (Å²) in [5.41, 5.74) is -0.990. The van der Waals surface area contributed by atoms with Crippen LogP contribution in [0.3, 0.4) is 0 Å². The number of β-amino-alcohol motifs (C(OH)–C–C–N with tert-alkyl or cyclic N) is 1. The number of halogens is 2. The first kappa shape index (κ1) is 33.2. The van der Waals surface area contributed by atoms with E-state index in [1.165, 1.54) is 17.0 Å². The van der Waals surface area contributed by atoms with Crippen LogP contribution in [0.5, 0.6) is 5.75 Å². The Bertz CT molecular complexity index is 1180. The Morgan fingerprint density at radius 1 is 1.16 bits per heavy atom. The number of anilines is 1. The molecule has 0 spiro atoms. The van der Waals surface area contributed by atoms with Gasteiger partial charge in [0.2, 0.25) is 11.9 Å². The van der Waals surface area contributed by atoms with Crippen molar-refractivity contribution < 1.29 is 39.5 Å². The lowest BCUT2D eigenvalue weighted by molar-refractivity contribution is -0.154. The Kier molecular flexibility index (Phi) is 11.9. The molecule has 2 fully saturated rings. The molecule has 0 radical (unpaired) electrons. The van der Waals surface area contributed by atoms with Gasteiger partial charge in [-0.05, 0) is 43.2 Å². The standard InChI is InChI=1S/C29H41ClFN5O7/c30-21-12-33-28(34-13-21)35-7-5-19(6-8-35)2-1-9-43-22-4-3-20(23(31)11-22)10-26(40)36-17-29(42,18-36)16-32-14-24(38)27(41)25(39)15-37/h3-4,11-13,19,24-25,27,32,37-39,41-42H,1-2,5-10,14-18H2/t24-,25+,27-/m0/s1. The summed E-state index contributed by atoms with van der Waals surface area (Å²) in [6, 6.07) is 4.48. The summed E-state index contributed by atoms with van der Waals surface area (Å²) in [7, 11) is 0. The van der Waals surface area contributed by atoms with Crippen LogP contribution in [0.15, 0.2) is 30.6 Å². The quantitative estimate of drug-likeness (QED) is 0.149. The number of aliphatic hydroxyl groups is 5. The second-order valence-electron chi connectivity index (χ2n) is 11.5. The third-order valence-electron chi connectivity index (χ3n) is 8.00. The van der Waals surface area contributed by atoms with Crippen molar-refractivity contribution in [1.29, 1.82) is 0 Å². The number of rotatable bonds is 15. The average Bonchev–Trinajstić information content (AvgIpc) is 2.99. The van der Waals surface area contributed by atoms with Crippen LogP contribution in [0.25, 0.3) is 0 Å². The van der Waals surface area contributed by atoms with Crippen LogP contribution in [0.4, 0.5) is 10.3 Å². The van der Waals surface area contributed by atoms with Crippen LogP contribution in [-0.2, 0) is 11.2 Å². The summed E-state index contributed by atoms with van der Waals surface area (Å²) < 4.78 is 20.5. The van der Waals surface area contributed by atoms with Crippen molar-refractivity contribution in [3.05, 3.63) is 47.0 Å². The molecule has 6 N–H and O–H groups in total. The number of carbonyl (C=O) groups excluding carboxylic acids is 1. The Hall–Kier alpha value is -2.65. The molecule has 2 aliphatic rings. The third-order valence-corrected chi connectivity index (χ3v) is 8.20. The fourth-order valence-electron chi connectivity index (χ4n) is 5.38. The second kappa shape index (κ2) is 15.4. The van der Waals surface area contributed by atoms with Gasteiger partial charge in [-0.1, -0.05) is 17.7 Å². The van der Waals surface area contributed by atoms with Crippen molar-refractivity contribution in [2.75, 3.05) is 57.4 Å². The molecule has 0 saturated carbocycles. The summed E-state index contributed by atoms with van der Waals surface area (Å²) in [5, 5.41) is 51.6. The van der Waals surface area contributed by atoms with Gasteiger partial charge in [0.1, 0.15) is 29.4 Å². The van der Waals surface area contributed by atoms with E-state index in [2.05, 4.69) is 20.2 Å². The van der Waals surface area contributed by atoms with Crippen molar-refractivity contribution in [3.8, 4) is 5.75 Å². The Labute approximate surface area is 255 Å². The minimum absolute atomic E-state index is 0.0352. The number of piperidine rings is 1. The lowest BCUT2D eigenvalue weighted by Crippen LogP contribution is -2.67. The highest BCUT2D eigenvalue weighted by molar-refractivity contribution is 6.30. The van der Waals surface area contributed by atoms with E-state index in [1.54, 1.807) is 18.5 Å². The number of hydrogen-bond acceptors (Lipinski definition) is 11. The molecule has 1 aromatic heterocycles. The highest BCUT2D eigenvalue weighted by atomic mass is 35.5. The molecule has 2 aliphatic heterocycles. The van der Waals surface area contributed by atoms with Gasteiger partial charge in [0, 0.05) is 32.2 Å². The monoisotopic (exact) mass is 625 g/mol. The number of hydrogen-bond donors (Lipinski definition) is 6. The van der Waals surface area contributed by atoms with Crippen LogP contribution in [0.1, 0.15) is 31.2 Å². The van der Waals surface area contributed by atoms with Crippen molar-refractivity contribution >= 4 is 23.5 Å². The maximum Gasteiger partial charge on any atom is 0.227 e. The van der Waals surface area contributed by atoms with Gasteiger partial charge in [0.05, 0.1) is 56.2 Å². The van der Waals surface area contributed by atoms with Gasteiger partial charge in [-0.3, -0.25) is 4.79 Å². The molecule has 14 heteroatoms. The smallest absolute Gasteiger partial charge is 0.227 e. The van der Waals surface area contributed by atoms with E-state index in [0.29, 0.717) is 29.2 Å². The van der Waals surface area contributed by atoms with Gasteiger partial charge in [-0.15, -0.1) is 0 Å². The van der Waals surface area contributed by atoms with E-state index in [-0.39, 0.29) is 44.1 Å². The molecule has 1 amide bonds. The fourth-order valence-corrected chi connectivity index (χ4v) is 5.48. The summed E-state index contributed by atoms with van der Waals surface area (Å²) in [4.78, 5) is 24.8. The number of aromatic nitrogens is 2. The summed E-state index contributed by atoms with van der Waals surface area (Å²) in [6.07, 6.45) is 2.63. The predicted octanol–water partition coefficient (Wildman–Crippen LogP) is 0.125. The number of ether oxygens (including phenoxy) is 1. The molecule has 12 nitrogen and oxygen atoms in total. The van der Waals surface area contributed by atoms with Gasteiger partial charge in [-0.25, -0.2) is 14.4 Å². The van der Waals surface area contributed by atoms with Gasteiger partial charge < -0.3 is 45.4 Å². The number of nitrogens with one attached hydrogen (secondary N) is 1. The third kappa shape index (κ3) is 9.42. The van der Waals surface area contributed by atoms with E-state index in [4.69, 9.17) is 21.4 Å². The van der Waals surface area contributed by atoms with E-state index < -0.39 is 36.3 Å². The number of nitrogens with zero attached hydrogens (tertiary/aromatic N) is 4. The average molecular weight is 626 g/mol. The number of aliphatic hydroxyl groups excluding tert-OH is 4. The highest BCUT2D eigenvalue weighted by Gasteiger charge is 2.43. The molecule has 238 valence electrons. The largest absolute Gasteiger partial charge is 0.493 e. The molecule has 43 heavy (non-hydrogen) atoms. The fraction of sp³-hybridized carbons (Fsp3) is 0.621. The first-order chi connectivity index (χ1) is 20.6. The van der Waals surface area contributed by atoms with Crippen LogP contribution < -0.4 is 15.0 Å². The molecule has 3 atom stereocenters. The maximum atomic E-state index is 14.7. The number of carbonyl (C=O) groups is 1. The van der Waals surface area contributed by atoms with Crippen molar-refractivity contribution in [3.63, 3.8) is 0 Å². The van der Waals surface area contributed by atoms with Crippen molar-refractivity contribution in [1.82, 2.24) is 20.2 Å². The van der Waals surface area contributed by atoms with Crippen LogP contribution in [0, 0.1) is 11.7 Å². The molecule has 4 rings (SSSR count). The Morgan fingerprint density at radius 3 is 2.51 bits per heavy atom. The van der Waals surface area contributed by atoms with Crippen LogP contribution >= 0.6 is 11.6 Å². The van der Waals surface area contributed by atoms with E-state index >= 15 is 0 Å². The summed E-state index contributed by atoms with van der Waals surface area (Å²) in [6.45, 7) is 1.53. The van der Waals surface area contributed by atoms with Gasteiger partial charge in [0.25, 0.3) is 0 Å². The zero-order valence-corrected chi connectivity index (χ0v) is 24.7. The molecule has 2 saturated heterocycles. The van der Waals surface area contributed by atoms with Crippen molar-refractivity contribution in [2.45, 2.75) is 56.0 Å². The molecule has 2 aromatic rings. The molecule has 0 aliphatic carbocycles. The number of benzene rings is 1. The molecule has 1 aromatic carbocycles. The second-order valence-corrected chi connectivity index (χ2v) is 11.9. The van der Waals surface area contributed by atoms with E-state index in [0.717, 1.165) is 38.8 Å². The first-order valence-corrected chi connectivity index (χ1v) is 14.9. The Balaban J connectivity index is 1.11. The lowest BCUT2D eigenvalue weighted by atomic mass is 9.92. The van der Waals surface area contributed by atoms with Gasteiger partial charge in [-0.2, -0.15) is 0 Å². The van der Waals surface area contributed by atoms with E-state index in [1.807, 2.05) is 0 Å². The highest BCUT2D eigenvalue weighted by Crippen LogP contribution is 2.26. The van der Waals surface area contributed by atoms with Gasteiger partial charge >= 0.3 is 0 Å². The normalized spacial score (nSPS) is 19.0. The Morgan fingerprint density at radius 2 is 1.86 bits per heavy atom. The van der Waals surface area contributed by atoms with E-state index in [9.17, 15) is 29.6 Å². The van der Waals surface area contributed by atoms with Crippen molar-refractivity contribution in [2.24, 2.45) is 5.92 Å². The zero-order chi connectivity index (χ0) is 31.0. The molecule has 3 heterocycles. The topological polar surface area (TPSA) is 172 Å². The zero-order valence-electron chi connectivity index (χ0n) is 24.0. The minimum atomic E-state index is -1.54. The molecular weight excluding hydrogens is 585 g/mol. The minimum Gasteiger partial charge on any atom is -0.493 e. The summed E-state index contributed by atoms with van der Waals surface area (Å²) >= 11 is 5.87. The number of amides is 1. The van der Waals surface area contributed by atoms with Crippen LogP contribution in [0.2, 0.25) is 5.02 Å². The molecular formula is C29H41ClFN5O7. The first-order valence-electron chi connectivity index (χ1n) is 14.6. The lowest BCUT2D eigenvalue weighted by Gasteiger charge is -2.46. The SMILES string of the molecule is O=C(Cc1ccc(OCCCC2CCN(c3ncc(Cl)cn3)CC2)cc1F)N1CC(O)(CNC[C@H](O)[C@H](O)[C@H](O)CO)C1. The molecule has 0 bridgehead atoms. The number of likely N-dealkylation sites (tertiary alicyclic amines) is 1. The maximum absolute atomic E-state index is 14.7. The summed E-state index contributed by atoms with van der Waals surface area (Å²) in [5.74, 6) is 0.833.